The van der Waals surface area contributed by atoms with Gasteiger partial charge in [-0.2, -0.15) is 0 Å². The first-order chi connectivity index (χ1) is 4.66. The second-order valence-corrected chi connectivity index (χ2v) is 3.50. The lowest BCUT2D eigenvalue weighted by atomic mass is 9.95. The van der Waals surface area contributed by atoms with Crippen LogP contribution in [-0.4, -0.2) is 37.7 Å². The topological polar surface area (TPSA) is 12.5 Å². The number of rotatable bonds is 1. The first-order valence-corrected chi connectivity index (χ1v) is 3.90. The molecule has 0 saturated carbocycles. The van der Waals surface area contributed by atoms with Crippen LogP contribution in [0.1, 0.15) is 19.8 Å². The predicted molar refractivity (Wildman–Crippen MR) is 42.1 cm³/mol. The van der Waals surface area contributed by atoms with Crippen LogP contribution in [0, 0.1) is 0 Å². The van der Waals surface area contributed by atoms with Gasteiger partial charge in [-0.1, -0.05) is 0 Å². The van der Waals surface area contributed by atoms with Gasteiger partial charge in [0.1, 0.15) is 0 Å². The maximum Gasteiger partial charge on any atom is 0.0777 e. The van der Waals surface area contributed by atoms with Gasteiger partial charge in [0.15, 0.2) is 0 Å². The summed E-state index contributed by atoms with van der Waals surface area (Å²) in [6, 6.07) is 0. The molecular formula is C8H17NO. The Kier molecular flexibility index (Phi) is 2.32. The third kappa shape index (κ3) is 1.70. The monoisotopic (exact) mass is 143 g/mol. The lowest BCUT2D eigenvalue weighted by Crippen LogP contribution is -2.45. The maximum absolute atomic E-state index is 5.41. The number of methoxy groups -OCH3 is 1. The smallest absolute Gasteiger partial charge is 0.0777 e. The minimum Gasteiger partial charge on any atom is -0.377 e. The minimum absolute atomic E-state index is 0.118. The molecule has 2 nitrogen and oxygen atoms in total. The van der Waals surface area contributed by atoms with Crippen LogP contribution in [0.5, 0.6) is 0 Å². The summed E-state index contributed by atoms with van der Waals surface area (Å²) in [5, 5.41) is 0. The molecule has 1 aliphatic rings. The zero-order valence-corrected chi connectivity index (χ0v) is 7.18. The molecule has 1 heterocycles. The zero-order chi connectivity index (χ0) is 7.61. The van der Waals surface area contributed by atoms with E-state index in [2.05, 4.69) is 18.9 Å². The SMILES string of the molecule is COC1(C)CCCN(C)C1. The second-order valence-electron chi connectivity index (χ2n) is 3.50. The van der Waals surface area contributed by atoms with Gasteiger partial charge in [0.05, 0.1) is 5.60 Å². The molecule has 0 amide bonds. The Morgan fingerprint density at radius 1 is 1.50 bits per heavy atom. The Labute approximate surface area is 63.2 Å². The average molecular weight is 143 g/mol. The quantitative estimate of drug-likeness (QED) is 0.545. The van der Waals surface area contributed by atoms with E-state index in [0.29, 0.717) is 0 Å². The third-order valence-electron chi connectivity index (χ3n) is 2.34. The van der Waals surface area contributed by atoms with Gasteiger partial charge in [-0.25, -0.2) is 0 Å². The van der Waals surface area contributed by atoms with Crippen LogP contribution in [0.15, 0.2) is 0 Å². The fourth-order valence-corrected chi connectivity index (χ4v) is 1.62. The van der Waals surface area contributed by atoms with E-state index in [9.17, 15) is 0 Å². The number of piperidine rings is 1. The summed E-state index contributed by atoms with van der Waals surface area (Å²) >= 11 is 0. The molecule has 2 heteroatoms. The molecule has 1 saturated heterocycles. The fraction of sp³-hybridized carbons (Fsp3) is 1.00. The maximum atomic E-state index is 5.41. The number of hydrogen-bond acceptors (Lipinski definition) is 2. The van der Waals surface area contributed by atoms with E-state index in [-0.39, 0.29) is 5.60 Å². The molecule has 0 aromatic heterocycles. The van der Waals surface area contributed by atoms with Gasteiger partial charge < -0.3 is 9.64 Å². The van der Waals surface area contributed by atoms with Gasteiger partial charge in [0.2, 0.25) is 0 Å². The predicted octanol–water partition coefficient (Wildman–Crippen LogP) is 1.12. The van der Waals surface area contributed by atoms with Crippen molar-refractivity contribution in [2.24, 2.45) is 0 Å². The molecule has 10 heavy (non-hydrogen) atoms. The van der Waals surface area contributed by atoms with Crippen molar-refractivity contribution in [2.45, 2.75) is 25.4 Å². The average Bonchev–Trinajstić information content (AvgIpc) is 1.88. The Balaban J connectivity index is 2.45. The molecule has 0 aliphatic carbocycles. The summed E-state index contributed by atoms with van der Waals surface area (Å²) < 4.78 is 5.41. The highest BCUT2D eigenvalue weighted by atomic mass is 16.5. The molecule has 0 radical (unpaired) electrons. The molecule has 1 atom stereocenters. The van der Waals surface area contributed by atoms with Gasteiger partial charge in [-0.3, -0.25) is 0 Å². The van der Waals surface area contributed by atoms with Crippen molar-refractivity contribution >= 4 is 0 Å². The van der Waals surface area contributed by atoms with Crippen molar-refractivity contribution in [1.82, 2.24) is 4.90 Å². The Morgan fingerprint density at radius 3 is 2.60 bits per heavy atom. The largest absolute Gasteiger partial charge is 0.377 e. The van der Waals surface area contributed by atoms with Crippen molar-refractivity contribution in [2.75, 3.05) is 27.2 Å². The van der Waals surface area contributed by atoms with Crippen molar-refractivity contribution in [3.8, 4) is 0 Å². The third-order valence-corrected chi connectivity index (χ3v) is 2.34. The first kappa shape index (κ1) is 8.02. The summed E-state index contributed by atoms with van der Waals surface area (Å²) in [6.07, 6.45) is 2.47. The number of ether oxygens (including phenoxy) is 1. The normalized spacial score (nSPS) is 36.3. The molecule has 1 fully saturated rings. The van der Waals surface area contributed by atoms with Crippen molar-refractivity contribution in [3.63, 3.8) is 0 Å². The molecular weight excluding hydrogens is 126 g/mol. The second kappa shape index (κ2) is 2.89. The Bertz CT molecular complexity index is 116. The van der Waals surface area contributed by atoms with Crippen LogP contribution >= 0.6 is 0 Å². The van der Waals surface area contributed by atoms with Crippen LogP contribution in [0.4, 0.5) is 0 Å². The summed E-state index contributed by atoms with van der Waals surface area (Å²) in [7, 11) is 3.95. The summed E-state index contributed by atoms with van der Waals surface area (Å²) in [4.78, 5) is 2.33. The fourth-order valence-electron chi connectivity index (χ4n) is 1.62. The van der Waals surface area contributed by atoms with E-state index in [1.807, 2.05) is 0 Å². The summed E-state index contributed by atoms with van der Waals surface area (Å²) in [6.45, 7) is 4.48. The molecule has 0 N–H and O–H groups in total. The molecule has 60 valence electrons. The Hall–Kier alpha value is -0.0800. The highest BCUT2D eigenvalue weighted by molar-refractivity contribution is 4.82. The molecule has 0 aromatic rings. The van der Waals surface area contributed by atoms with Crippen molar-refractivity contribution in [3.05, 3.63) is 0 Å². The van der Waals surface area contributed by atoms with Gasteiger partial charge in [0.25, 0.3) is 0 Å². The zero-order valence-electron chi connectivity index (χ0n) is 7.18. The van der Waals surface area contributed by atoms with Crippen LogP contribution in [0.2, 0.25) is 0 Å². The molecule has 1 aliphatic heterocycles. The molecule has 0 bridgehead atoms. The highest BCUT2D eigenvalue weighted by Gasteiger charge is 2.28. The molecule has 0 aromatic carbocycles. The van der Waals surface area contributed by atoms with Crippen molar-refractivity contribution < 1.29 is 4.74 Å². The van der Waals surface area contributed by atoms with E-state index in [1.165, 1.54) is 19.4 Å². The summed E-state index contributed by atoms with van der Waals surface area (Å²) in [5.74, 6) is 0. The number of likely N-dealkylation sites (N-methyl/N-ethyl adjacent to an activating group) is 1. The first-order valence-electron chi connectivity index (χ1n) is 3.90. The number of nitrogens with zero attached hydrogens (tertiary/aromatic N) is 1. The van der Waals surface area contributed by atoms with Crippen molar-refractivity contribution in [1.29, 1.82) is 0 Å². The van der Waals surface area contributed by atoms with Gasteiger partial charge >= 0.3 is 0 Å². The van der Waals surface area contributed by atoms with E-state index in [0.717, 1.165) is 6.54 Å². The molecule has 1 rings (SSSR count). The van der Waals surface area contributed by atoms with E-state index < -0.39 is 0 Å². The Morgan fingerprint density at radius 2 is 2.20 bits per heavy atom. The van der Waals surface area contributed by atoms with Gasteiger partial charge in [0, 0.05) is 13.7 Å². The molecule has 0 spiro atoms. The van der Waals surface area contributed by atoms with E-state index in [1.54, 1.807) is 7.11 Å². The summed E-state index contributed by atoms with van der Waals surface area (Å²) in [5.41, 5.74) is 0.118. The number of likely N-dealkylation sites (tertiary alicyclic amines) is 1. The lowest BCUT2D eigenvalue weighted by Gasteiger charge is -2.37. The van der Waals surface area contributed by atoms with E-state index in [4.69, 9.17) is 4.74 Å². The number of hydrogen-bond donors (Lipinski definition) is 0. The highest BCUT2D eigenvalue weighted by Crippen LogP contribution is 2.22. The minimum atomic E-state index is 0.118. The van der Waals surface area contributed by atoms with Crippen LogP contribution in [0.25, 0.3) is 0 Å². The van der Waals surface area contributed by atoms with Crippen LogP contribution in [0.3, 0.4) is 0 Å². The van der Waals surface area contributed by atoms with Gasteiger partial charge in [-0.15, -0.1) is 0 Å². The van der Waals surface area contributed by atoms with Crippen LogP contribution in [-0.2, 0) is 4.74 Å². The van der Waals surface area contributed by atoms with Crippen LogP contribution < -0.4 is 0 Å². The van der Waals surface area contributed by atoms with E-state index >= 15 is 0 Å². The standard InChI is InChI=1S/C8H17NO/c1-8(10-3)5-4-6-9(2)7-8/h4-7H2,1-3H3. The van der Waals surface area contributed by atoms with Gasteiger partial charge in [-0.05, 0) is 33.4 Å². The molecule has 1 unspecified atom stereocenters. The lowest BCUT2D eigenvalue weighted by molar-refractivity contribution is -0.0443.